The van der Waals surface area contributed by atoms with Gasteiger partial charge in [0.25, 0.3) is 0 Å². The summed E-state index contributed by atoms with van der Waals surface area (Å²) in [6.07, 6.45) is 0. The summed E-state index contributed by atoms with van der Waals surface area (Å²) in [6, 6.07) is 15.7. The zero-order valence-corrected chi connectivity index (χ0v) is 11.2. The Labute approximate surface area is 113 Å². The maximum atomic E-state index is 6.02. The first-order chi connectivity index (χ1) is 8.66. The summed E-state index contributed by atoms with van der Waals surface area (Å²) in [5, 5.41) is 0.706. The Morgan fingerprint density at radius 3 is 2.33 bits per heavy atom. The molecule has 2 aromatic carbocycles. The Morgan fingerprint density at radius 2 is 1.67 bits per heavy atom. The van der Waals surface area contributed by atoms with Crippen molar-refractivity contribution in [1.29, 1.82) is 0 Å². The lowest BCUT2D eigenvalue weighted by Gasteiger charge is -2.14. The van der Waals surface area contributed by atoms with E-state index < -0.39 is 0 Å². The number of benzene rings is 2. The van der Waals surface area contributed by atoms with Crippen molar-refractivity contribution in [2.24, 2.45) is 0 Å². The van der Waals surface area contributed by atoms with Crippen LogP contribution in [0.3, 0.4) is 0 Å². The lowest BCUT2D eigenvalue weighted by molar-refractivity contribution is 1.13. The van der Waals surface area contributed by atoms with Gasteiger partial charge in [-0.15, -0.1) is 0 Å². The van der Waals surface area contributed by atoms with E-state index in [2.05, 4.69) is 11.8 Å². The van der Waals surface area contributed by atoms with E-state index in [9.17, 15) is 0 Å². The number of hydrogen-bond donors (Lipinski definition) is 0. The van der Waals surface area contributed by atoms with Gasteiger partial charge in [-0.25, -0.2) is 0 Å². The fraction of sp³-hybridized carbons (Fsp3) is 0.125. The summed E-state index contributed by atoms with van der Waals surface area (Å²) >= 11 is 6.02. The molecule has 0 aliphatic carbocycles. The lowest BCUT2D eigenvalue weighted by atomic mass is 10.1. The van der Waals surface area contributed by atoms with Crippen molar-refractivity contribution in [2.45, 2.75) is 0 Å². The number of anilines is 1. The van der Waals surface area contributed by atoms with Gasteiger partial charge in [0.1, 0.15) is 0 Å². The molecule has 0 radical (unpaired) electrons. The van der Waals surface area contributed by atoms with Crippen molar-refractivity contribution in [1.82, 2.24) is 0 Å². The number of rotatable bonds is 1. The van der Waals surface area contributed by atoms with Crippen LogP contribution in [-0.4, -0.2) is 14.1 Å². The molecule has 90 valence electrons. The quantitative estimate of drug-likeness (QED) is 0.701. The summed E-state index contributed by atoms with van der Waals surface area (Å²) in [4.78, 5) is 2.03. The molecule has 0 heterocycles. The molecule has 0 atom stereocenters. The largest absolute Gasteiger partial charge is 0.377 e. The molecule has 0 N–H and O–H groups in total. The molecule has 0 unspecified atom stereocenters. The third kappa shape index (κ3) is 3.06. The Morgan fingerprint density at radius 1 is 0.944 bits per heavy atom. The molecule has 18 heavy (non-hydrogen) atoms. The Bertz CT molecular complexity index is 591. The van der Waals surface area contributed by atoms with Crippen LogP contribution in [0.15, 0.2) is 48.5 Å². The number of hydrogen-bond acceptors (Lipinski definition) is 1. The summed E-state index contributed by atoms with van der Waals surface area (Å²) in [5.74, 6) is 6.32. The lowest BCUT2D eigenvalue weighted by Crippen LogP contribution is -2.10. The van der Waals surface area contributed by atoms with Gasteiger partial charge in [0, 0.05) is 30.2 Å². The van der Waals surface area contributed by atoms with E-state index in [1.54, 1.807) is 0 Å². The third-order valence-corrected chi connectivity index (χ3v) is 2.79. The maximum absolute atomic E-state index is 6.02. The maximum Gasteiger partial charge on any atom is 0.0521 e. The molecule has 2 rings (SSSR count). The van der Waals surface area contributed by atoms with Crippen LogP contribution in [0.4, 0.5) is 5.69 Å². The van der Waals surface area contributed by atoms with Gasteiger partial charge in [0.2, 0.25) is 0 Å². The van der Waals surface area contributed by atoms with E-state index in [0.29, 0.717) is 5.02 Å². The van der Waals surface area contributed by atoms with Crippen molar-refractivity contribution in [3.8, 4) is 11.8 Å². The molecule has 1 nitrogen and oxygen atoms in total. The first-order valence-electron chi connectivity index (χ1n) is 5.71. The second kappa shape index (κ2) is 5.62. The van der Waals surface area contributed by atoms with E-state index in [-0.39, 0.29) is 0 Å². The third-order valence-electron chi connectivity index (χ3n) is 2.56. The van der Waals surface area contributed by atoms with Crippen molar-refractivity contribution < 1.29 is 0 Å². The molecule has 0 fully saturated rings. The molecule has 0 aliphatic rings. The monoisotopic (exact) mass is 255 g/mol. The first kappa shape index (κ1) is 12.5. The Balaban J connectivity index is 2.40. The van der Waals surface area contributed by atoms with Crippen molar-refractivity contribution in [3.63, 3.8) is 0 Å². The van der Waals surface area contributed by atoms with E-state index in [0.717, 1.165) is 16.8 Å². The van der Waals surface area contributed by atoms with Gasteiger partial charge in [0.05, 0.1) is 5.69 Å². The summed E-state index contributed by atoms with van der Waals surface area (Å²) in [5.41, 5.74) is 3.02. The Kier molecular flexibility index (Phi) is 3.92. The minimum atomic E-state index is 0.706. The number of halogens is 1. The first-order valence-corrected chi connectivity index (χ1v) is 6.08. The minimum Gasteiger partial charge on any atom is -0.377 e. The molecular weight excluding hydrogens is 242 g/mol. The zero-order valence-electron chi connectivity index (χ0n) is 10.4. The average Bonchev–Trinajstić information content (AvgIpc) is 2.37. The van der Waals surface area contributed by atoms with Crippen LogP contribution in [0, 0.1) is 11.8 Å². The molecule has 0 aliphatic heterocycles. The highest BCUT2D eigenvalue weighted by molar-refractivity contribution is 6.30. The van der Waals surface area contributed by atoms with Gasteiger partial charge in [0.15, 0.2) is 0 Å². The minimum absolute atomic E-state index is 0.706. The van der Waals surface area contributed by atoms with Crippen molar-refractivity contribution >= 4 is 17.3 Å². The molecule has 0 spiro atoms. The van der Waals surface area contributed by atoms with Crippen LogP contribution in [0.5, 0.6) is 0 Å². The van der Waals surface area contributed by atoms with E-state index in [1.165, 1.54) is 0 Å². The molecule has 0 aromatic heterocycles. The summed E-state index contributed by atoms with van der Waals surface area (Å²) in [6.45, 7) is 0. The van der Waals surface area contributed by atoms with E-state index in [1.807, 2.05) is 67.5 Å². The normalized spacial score (nSPS) is 9.50. The van der Waals surface area contributed by atoms with Crippen LogP contribution in [-0.2, 0) is 0 Å². The molecule has 0 saturated carbocycles. The highest BCUT2D eigenvalue weighted by Gasteiger charge is 2.02. The van der Waals surface area contributed by atoms with Gasteiger partial charge in [-0.05, 0) is 30.3 Å². The topological polar surface area (TPSA) is 3.24 Å². The van der Waals surface area contributed by atoms with Crippen LogP contribution < -0.4 is 4.90 Å². The SMILES string of the molecule is CN(C)c1ccc(Cl)cc1C#Cc1ccccc1. The van der Waals surface area contributed by atoms with E-state index in [4.69, 9.17) is 11.6 Å². The summed E-state index contributed by atoms with van der Waals surface area (Å²) < 4.78 is 0. The second-order valence-corrected chi connectivity index (χ2v) is 4.61. The smallest absolute Gasteiger partial charge is 0.0521 e. The number of nitrogens with zero attached hydrogens (tertiary/aromatic N) is 1. The molecule has 2 aromatic rings. The fourth-order valence-corrected chi connectivity index (χ4v) is 1.83. The van der Waals surface area contributed by atoms with E-state index >= 15 is 0 Å². The predicted molar refractivity (Wildman–Crippen MR) is 78.2 cm³/mol. The fourth-order valence-electron chi connectivity index (χ4n) is 1.66. The van der Waals surface area contributed by atoms with Crippen molar-refractivity contribution in [3.05, 3.63) is 64.7 Å². The molecule has 0 amide bonds. The van der Waals surface area contributed by atoms with Crippen LogP contribution in [0.1, 0.15) is 11.1 Å². The zero-order chi connectivity index (χ0) is 13.0. The standard InChI is InChI=1S/C16H14ClN/c1-18(2)16-11-10-15(17)12-14(16)9-8-13-6-4-3-5-7-13/h3-7,10-12H,1-2H3. The highest BCUT2D eigenvalue weighted by atomic mass is 35.5. The average molecular weight is 256 g/mol. The molecule has 0 bridgehead atoms. The molecule has 2 heteroatoms. The van der Waals surface area contributed by atoms with Crippen LogP contribution >= 0.6 is 11.6 Å². The van der Waals surface area contributed by atoms with Gasteiger partial charge in [-0.3, -0.25) is 0 Å². The van der Waals surface area contributed by atoms with Gasteiger partial charge in [-0.2, -0.15) is 0 Å². The van der Waals surface area contributed by atoms with Gasteiger partial charge < -0.3 is 4.90 Å². The second-order valence-electron chi connectivity index (χ2n) is 4.17. The van der Waals surface area contributed by atoms with Crippen LogP contribution in [0.2, 0.25) is 5.02 Å². The Hall–Kier alpha value is -1.91. The summed E-state index contributed by atoms with van der Waals surface area (Å²) in [7, 11) is 3.99. The van der Waals surface area contributed by atoms with Gasteiger partial charge >= 0.3 is 0 Å². The molecular formula is C16H14ClN. The van der Waals surface area contributed by atoms with Crippen molar-refractivity contribution in [2.75, 3.05) is 19.0 Å². The predicted octanol–water partition coefficient (Wildman–Crippen LogP) is 3.81. The highest BCUT2D eigenvalue weighted by Crippen LogP contribution is 2.21. The van der Waals surface area contributed by atoms with Gasteiger partial charge in [-0.1, -0.05) is 41.6 Å². The van der Waals surface area contributed by atoms with Crippen LogP contribution in [0.25, 0.3) is 0 Å². The molecule has 0 saturated heterocycles.